The van der Waals surface area contributed by atoms with Crippen molar-refractivity contribution in [3.8, 4) is 0 Å². The Morgan fingerprint density at radius 3 is 2.94 bits per heavy atom. The molecular formula is C14H26N2O2. The van der Waals surface area contributed by atoms with Crippen LogP contribution >= 0.6 is 0 Å². The number of ether oxygens (including phenoxy) is 1. The standard InChI is InChI=1S/C14H26N2O2/c1-4-12-11(5-6-18-12)9-16-13(7-10(2)3)15-8-14(16)17/h10-13,15H,4-9H2,1-3H3. The van der Waals surface area contributed by atoms with E-state index < -0.39 is 0 Å². The maximum Gasteiger partial charge on any atom is 0.237 e. The molecule has 0 saturated carbocycles. The molecule has 2 aliphatic heterocycles. The third-order valence-electron chi connectivity index (χ3n) is 4.06. The minimum absolute atomic E-state index is 0.232. The maximum atomic E-state index is 12.0. The molecule has 0 aliphatic carbocycles. The highest BCUT2D eigenvalue weighted by molar-refractivity contribution is 5.80. The van der Waals surface area contributed by atoms with Crippen LogP contribution in [0, 0.1) is 11.8 Å². The fourth-order valence-electron chi connectivity index (χ4n) is 3.08. The summed E-state index contributed by atoms with van der Waals surface area (Å²) in [6.45, 7) is 8.79. The average Bonchev–Trinajstić information content (AvgIpc) is 2.89. The summed E-state index contributed by atoms with van der Waals surface area (Å²) in [5, 5.41) is 3.33. The summed E-state index contributed by atoms with van der Waals surface area (Å²) < 4.78 is 5.72. The van der Waals surface area contributed by atoms with Crippen LogP contribution in [0.3, 0.4) is 0 Å². The minimum Gasteiger partial charge on any atom is -0.378 e. The van der Waals surface area contributed by atoms with E-state index >= 15 is 0 Å². The predicted molar refractivity (Wildman–Crippen MR) is 71.1 cm³/mol. The maximum absolute atomic E-state index is 12.0. The Kier molecular flexibility index (Phi) is 4.62. The first kappa shape index (κ1) is 13.8. The molecule has 0 aromatic heterocycles. The van der Waals surface area contributed by atoms with Gasteiger partial charge in [-0.05, 0) is 25.2 Å². The van der Waals surface area contributed by atoms with E-state index in [1.807, 2.05) is 4.90 Å². The monoisotopic (exact) mass is 254 g/mol. The Morgan fingerprint density at radius 1 is 1.50 bits per heavy atom. The summed E-state index contributed by atoms with van der Waals surface area (Å²) in [4.78, 5) is 14.0. The van der Waals surface area contributed by atoms with Gasteiger partial charge in [0.25, 0.3) is 0 Å². The van der Waals surface area contributed by atoms with Crippen LogP contribution in [-0.4, -0.2) is 42.8 Å². The minimum atomic E-state index is 0.232. The van der Waals surface area contributed by atoms with Crippen LogP contribution in [-0.2, 0) is 9.53 Å². The quantitative estimate of drug-likeness (QED) is 0.810. The molecule has 3 atom stereocenters. The molecule has 2 rings (SSSR count). The molecule has 0 radical (unpaired) electrons. The Balaban J connectivity index is 1.94. The molecule has 0 aromatic carbocycles. The van der Waals surface area contributed by atoms with Crippen LogP contribution in [0.25, 0.3) is 0 Å². The zero-order chi connectivity index (χ0) is 13.1. The molecule has 104 valence electrons. The third-order valence-corrected chi connectivity index (χ3v) is 4.06. The number of hydrogen-bond donors (Lipinski definition) is 1. The van der Waals surface area contributed by atoms with E-state index in [0.717, 1.165) is 32.4 Å². The second-order valence-corrected chi connectivity index (χ2v) is 5.94. The van der Waals surface area contributed by atoms with Crippen molar-refractivity contribution in [3.63, 3.8) is 0 Å². The molecule has 4 nitrogen and oxygen atoms in total. The molecule has 4 heteroatoms. The van der Waals surface area contributed by atoms with Gasteiger partial charge in [0.2, 0.25) is 5.91 Å². The number of carbonyl (C=O) groups is 1. The van der Waals surface area contributed by atoms with Crippen LogP contribution < -0.4 is 5.32 Å². The van der Waals surface area contributed by atoms with Gasteiger partial charge in [-0.2, -0.15) is 0 Å². The van der Waals surface area contributed by atoms with Gasteiger partial charge in [0.15, 0.2) is 0 Å². The van der Waals surface area contributed by atoms with Crippen LogP contribution in [0.1, 0.15) is 40.0 Å². The summed E-state index contributed by atoms with van der Waals surface area (Å²) in [7, 11) is 0. The zero-order valence-corrected chi connectivity index (χ0v) is 11.8. The second kappa shape index (κ2) is 6.02. The van der Waals surface area contributed by atoms with Crippen molar-refractivity contribution in [2.24, 2.45) is 11.8 Å². The molecule has 0 spiro atoms. The smallest absolute Gasteiger partial charge is 0.237 e. The summed E-state index contributed by atoms with van der Waals surface area (Å²) in [5.41, 5.74) is 0. The first-order valence-electron chi connectivity index (χ1n) is 7.26. The fourth-order valence-corrected chi connectivity index (χ4v) is 3.08. The SMILES string of the molecule is CCC1OCCC1CN1C(=O)CNC1CC(C)C. The van der Waals surface area contributed by atoms with Crippen LogP contribution in [0.5, 0.6) is 0 Å². The van der Waals surface area contributed by atoms with Crippen molar-refractivity contribution in [1.82, 2.24) is 10.2 Å². The molecule has 1 amide bonds. The summed E-state index contributed by atoms with van der Waals surface area (Å²) in [5.74, 6) is 1.38. The molecule has 18 heavy (non-hydrogen) atoms. The first-order valence-corrected chi connectivity index (χ1v) is 7.26. The lowest BCUT2D eigenvalue weighted by molar-refractivity contribution is -0.129. The lowest BCUT2D eigenvalue weighted by Crippen LogP contribution is -2.42. The van der Waals surface area contributed by atoms with Gasteiger partial charge in [-0.3, -0.25) is 10.1 Å². The van der Waals surface area contributed by atoms with Crippen molar-refractivity contribution >= 4 is 5.91 Å². The Hall–Kier alpha value is -0.610. The lowest BCUT2D eigenvalue weighted by Gasteiger charge is -2.29. The van der Waals surface area contributed by atoms with Gasteiger partial charge >= 0.3 is 0 Å². The van der Waals surface area contributed by atoms with Crippen molar-refractivity contribution in [2.45, 2.75) is 52.3 Å². The lowest BCUT2D eigenvalue weighted by atomic mass is 9.98. The topological polar surface area (TPSA) is 41.6 Å². The Labute approximate surface area is 110 Å². The highest BCUT2D eigenvalue weighted by Gasteiger charge is 2.36. The molecule has 2 heterocycles. The molecule has 2 fully saturated rings. The largest absolute Gasteiger partial charge is 0.378 e. The molecule has 0 aromatic rings. The van der Waals surface area contributed by atoms with E-state index in [1.165, 1.54) is 0 Å². The van der Waals surface area contributed by atoms with Gasteiger partial charge in [0, 0.05) is 19.1 Å². The number of nitrogens with zero attached hydrogens (tertiary/aromatic N) is 1. The molecule has 1 N–H and O–H groups in total. The van der Waals surface area contributed by atoms with E-state index in [0.29, 0.717) is 24.5 Å². The van der Waals surface area contributed by atoms with Crippen LogP contribution in [0.2, 0.25) is 0 Å². The van der Waals surface area contributed by atoms with Crippen molar-refractivity contribution in [2.75, 3.05) is 19.7 Å². The van der Waals surface area contributed by atoms with Gasteiger partial charge in [-0.25, -0.2) is 0 Å². The highest BCUT2D eigenvalue weighted by atomic mass is 16.5. The fraction of sp³-hybridized carbons (Fsp3) is 0.929. The number of amides is 1. The molecule has 0 bridgehead atoms. The first-order chi connectivity index (χ1) is 8.61. The number of nitrogens with one attached hydrogen (secondary N) is 1. The van der Waals surface area contributed by atoms with E-state index in [4.69, 9.17) is 4.74 Å². The third kappa shape index (κ3) is 3.04. The van der Waals surface area contributed by atoms with Crippen molar-refractivity contribution in [1.29, 1.82) is 0 Å². The Morgan fingerprint density at radius 2 is 2.28 bits per heavy atom. The molecule has 2 aliphatic rings. The van der Waals surface area contributed by atoms with Crippen LogP contribution in [0.15, 0.2) is 0 Å². The molecule has 2 saturated heterocycles. The zero-order valence-electron chi connectivity index (χ0n) is 11.8. The predicted octanol–water partition coefficient (Wildman–Crippen LogP) is 1.61. The number of carbonyl (C=O) groups excluding carboxylic acids is 1. The summed E-state index contributed by atoms with van der Waals surface area (Å²) >= 11 is 0. The van der Waals surface area contributed by atoms with Gasteiger partial charge in [0.05, 0.1) is 18.8 Å². The van der Waals surface area contributed by atoms with E-state index in [-0.39, 0.29) is 12.1 Å². The van der Waals surface area contributed by atoms with Gasteiger partial charge in [0.1, 0.15) is 0 Å². The van der Waals surface area contributed by atoms with E-state index in [1.54, 1.807) is 0 Å². The normalized spacial score (nSPS) is 32.8. The van der Waals surface area contributed by atoms with E-state index in [2.05, 4.69) is 26.1 Å². The highest BCUT2D eigenvalue weighted by Crippen LogP contribution is 2.26. The molecular weight excluding hydrogens is 228 g/mol. The van der Waals surface area contributed by atoms with Gasteiger partial charge in [-0.1, -0.05) is 20.8 Å². The van der Waals surface area contributed by atoms with E-state index in [9.17, 15) is 4.79 Å². The van der Waals surface area contributed by atoms with Gasteiger partial charge in [-0.15, -0.1) is 0 Å². The Bertz CT molecular complexity index is 294. The van der Waals surface area contributed by atoms with Crippen molar-refractivity contribution in [3.05, 3.63) is 0 Å². The summed E-state index contributed by atoms with van der Waals surface area (Å²) in [6.07, 6.45) is 3.76. The number of rotatable bonds is 5. The van der Waals surface area contributed by atoms with Gasteiger partial charge < -0.3 is 9.64 Å². The molecule has 3 unspecified atom stereocenters. The second-order valence-electron chi connectivity index (χ2n) is 5.94. The summed E-state index contributed by atoms with van der Waals surface area (Å²) in [6, 6.07) is 0. The van der Waals surface area contributed by atoms with Crippen LogP contribution in [0.4, 0.5) is 0 Å². The number of hydrogen-bond acceptors (Lipinski definition) is 3. The average molecular weight is 254 g/mol. The van der Waals surface area contributed by atoms with Crippen molar-refractivity contribution < 1.29 is 9.53 Å².